The molecule has 0 nitrogen and oxygen atoms in total. The highest BCUT2D eigenvalue weighted by Gasteiger charge is 2.23. The van der Waals surface area contributed by atoms with Crippen molar-refractivity contribution in [2.24, 2.45) is 0 Å². The zero-order valence-corrected chi connectivity index (χ0v) is 12.1. The molecule has 0 amide bonds. The Morgan fingerprint density at radius 2 is 2.00 bits per heavy atom. The van der Waals surface area contributed by atoms with Gasteiger partial charge in [-0.15, -0.1) is 11.3 Å². The second-order valence-electron chi connectivity index (χ2n) is 5.67. The van der Waals surface area contributed by atoms with Crippen molar-refractivity contribution < 1.29 is 0 Å². The summed E-state index contributed by atoms with van der Waals surface area (Å²) < 4.78 is 2.89. The molecular formula is C18H18S. The van der Waals surface area contributed by atoms with E-state index in [0.29, 0.717) is 0 Å². The third kappa shape index (κ3) is 1.72. The molecule has 0 saturated heterocycles. The van der Waals surface area contributed by atoms with Crippen LogP contribution in [0.5, 0.6) is 0 Å². The normalized spacial score (nSPS) is 18.3. The molecule has 0 fully saturated rings. The maximum Gasteiger partial charge on any atom is 0.0358 e. The highest BCUT2D eigenvalue weighted by Crippen LogP contribution is 2.42. The number of benzene rings is 2. The van der Waals surface area contributed by atoms with Gasteiger partial charge in [0, 0.05) is 20.2 Å². The zero-order chi connectivity index (χ0) is 12.8. The Morgan fingerprint density at radius 1 is 1.11 bits per heavy atom. The maximum atomic E-state index is 2.50. The number of fused-ring (bicyclic) bond motifs is 4. The van der Waals surface area contributed by atoms with Gasteiger partial charge in [-0.3, -0.25) is 0 Å². The van der Waals surface area contributed by atoms with E-state index in [1.165, 1.54) is 45.9 Å². The molecule has 96 valence electrons. The lowest BCUT2D eigenvalue weighted by Crippen LogP contribution is -1.92. The van der Waals surface area contributed by atoms with Gasteiger partial charge in [-0.1, -0.05) is 31.5 Å². The number of thiophene rings is 1. The fourth-order valence-corrected chi connectivity index (χ4v) is 4.71. The summed E-state index contributed by atoms with van der Waals surface area (Å²) in [5.74, 6) is 0.808. The highest BCUT2D eigenvalue weighted by atomic mass is 32.1. The van der Waals surface area contributed by atoms with Crippen molar-refractivity contribution in [1.82, 2.24) is 0 Å². The number of hydrogen-bond acceptors (Lipinski definition) is 1. The molecule has 0 radical (unpaired) electrons. The first-order valence-electron chi connectivity index (χ1n) is 7.31. The Hall–Kier alpha value is -1.34. The summed E-state index contributed by atoms with van der Waals surface area (Å²) in [6.45, 7) is 2.30. The molecule has 1 aromatic heterocycles. The second-order valence-corrected chi connectivity index (χ2v) is 6.75. The van der Waals surface area contributed by atoms with E-state index in [4.69, 9.17) is 0 Å². The van der Waals surface area contributed by atoms with Crippen molar-refractivity contribution in [3.05, 3.63) is 47.5 Å². The summed E-state index contributed by atoms with van der Waals surface area (Å²) >= 11 is 1.94. The Bertz CT molecular complexity index is 751. The van der Waals surface area contributed by atoms with Crippen LogP contribution in [0.2, 0.25) is 0 Å². The molecule has 1 heteroatoms. The molecule has 0 N–H and O–H groups in total. The fraction of sp³-hybridized carbons (Fsp3) is 0.333. The number of rotatable bonds is 2. The molecule has 3 aromatic rings. The van der Waals surface area contributed by atoms with E-state index in [1.807, 2.05) is 11.3 Å². The van der Waals surface area contributed by atoms with Crippen LogP contribution in [-0.2, 0) is 6.42 Å². The van der Waals surface area contributed by atoms with Gasteiger partial charge in [-0.05, 0) is 54.5 Å². The fourth-order valence-electron chi connectivity index (χ4n) is 3.56. The van der Waals surface area contributed by atoms with Gasteiger partial charge in [0.15, 0.2) is 0 Å². The average Bonchev–Trinajstić information content (AvgIpc) is 2.98. The van der Waals surface area contributed by atoms with Crippen molar-refractivity contribution in [2.75, 3.05) is 0 Å². The Morgan fingerprint density at radius 3 is 2.89 bits per heavy atom. The largest absolute Gasteiger partial charge is 0.135 e. The molecule has 0 aliphatic heterocycles. The average molecular weight is 266 g/mol. The Balaban J connectivity index is 1.98. The van der Waals surface area contributed by atoms with E-state index >= 15 is 0 Å². The minimum atomic E-state index is 0.808. The SMILES string of the molecule is CCCC1CCc2cc3sc4ccccc4c3cc21. The minimum absolute atomic E-state index is 0.808. The predicted octanol–water partition coefficient (Wildman–Crippen LogP) is 5.88. The molecule has 1 aliphatic rings. The van der Waals surface area contributed by atoms with E-state index in [9.17, 15) is 0 Å². The van der Waals surface area contributed by atoms with E-state index in [0.717, 1.165) is 5.92 Å². The van der Waals surface area contributed by atoms with Crippen LogP contribution in [0.25, 0.3) is 20.2 Å². The van der Waals surface area contributed by atoms with Gasteiger partial charge in [0.2, 0.25) is 0 Å². The number of hydrogen-bond donors (Lipinski definition) is 0. The molecule has 2 aromatic carbocycles. The van der Waals surface area contributed by atoms with Crippen LogP contribution >= 0.6 is 11.3 Å². The molecule has 19 heavy (non-hydrogen) atoms. The van der Waals surface area contributed by atoms with E-state index in [1.54, 1.807) is 11.1 Å². The zero-order valence-electron chi connectivity index (χ0n) is 11.3. The summed E-state index contributed by atoms with van der Waals surface area (Å²) in [6.07, 6.45) is 5.29. The van der Waals surface area contributed by atoms with E-state index < -0.39 is 0 Å². The second kappa shape index (κ2) is 4.35. The van der Waals surface area contributed by atoms with E-state index in [2.05, 4.69) is 43.3 Å². The van der Waals surface area contributed by atoms with Gasteiger partial charge >= 0.3 is 0 Å². The summed E-state index contributed by atoms with van der Waals surface area (Å²) in [4.78, 5) is 0. The Labute approximate surface area is 118 Å². The lowest BCUT2D eigenvalue weighted by molar-refractivity contribution is 0.608. The van der Waals surface area contributed by atoms with Gasteiger partial charge in [0.1, 0.15) is 0 Å². The Kier molecular flexibility index (Phi) is 2.63. The van der Waals surface area contributed by atoms with Gasteiger partial charge in [-0.25, -0.2) is 0 Å². The van der Waals surface area contributed by atoms with Crippen LogP contribution in [0, 0.1) is 0 Å². The molecule has 4 rings (SSSR count). The molecule has 0 bridgehead atoms. The third-order valence-corrected chi connectivity index (χ3v) is 5.61. The summed E-state index contributed by atoms with van der Waals surface area (Å²) in [5.41, 5.74) is 3.25. The van der Waals surface area contributed by atoms with Gasteiger partial charge in [-0.2, -0.15) is 0 Å². The standard InChI is InChI=1S/C18H18S/c1-2-5-12-8-9-13-10-18-16(11-15(12)13)14-6-3-4-7-17(14)19-18/h3-4,6-7,10-12H,2,5,8-9H2,1H3. The van der Waals surface area contributed by atoms with Gasteiger partial charge in [0.05, 0.1) is 0 Å². The summed E-state index contributed by atoms with van der Waals surface area (Å²) in [6, 6.07) is 13.8. The monoisotopic (exact) mass is 266 g/mol. The van der Waals surface area contributed by atoms with Crippen LogP contribution in [-0.4, -0.2) is 0 Å². The lowest BCUT2D eigenvalue weighted by Gasteiger charge is -2.10. The molecule has 1 unspecified atom stereocenters. The summed E-state index contributed by atoms with van der Waals surface area (Å²) in [7, 11) is 0. The third-order valence-electron chi connectivity index (χ3n) is 4.48. The molecular weight excluding hydrogens is 248 g/mol. The molecule has 1 heterocycles. The first kappa shape index (κ1) is 11.5. The van der Waals surface area contributed by atoms with Gasteiger partial charge < -0.3 is 0 Å². The molecule has 1 aliphatic carbocycles. The minimum Gasteiger partial charge on any atom is -0.135 e. The number of aryl methyl sites for hydroxylation is 1. The molecule has 0 saturated carbocycles. The topological polar surface area (TPSA) is 0 Å². The van der Waals surface area contributed by atoms with Crippen LogP contribution in [0.15, 0.2) is 36.4 Å². The highest BCUT2D eigenvalue weighted by molar-refractivity contribution is 7.25. The van der Waals surface area contributed by atoms with Crippen molar-refractivity contribution >= 4 is 31.5 Å². The van der Waals surface area contributed by atoms with Gasteiger partial charge in [0.25, 0.3) is 0 Å². The van der Waals surface area contributed by atoms with Crippen molar-refractivity contribution in [3.63, 3.8) is 0 Å². The smallest absolute Gasteiger partial charge is 0.0358 e. The maximum absolute atomic E-state index is 2.50. The summed E-state index contributed by atoms with van der Waals surface area (Å²) in [5, 5.41) is 2.91. The first-order valence-corrected chi connectivity index (χ1v) is 8.12. The first-order chi connectivity index (χ1) is 9.36. The molecule has 1 atom stereocenters. The van der Waals surface area contributed by atoms with Crippen molar-refractivity contribution in [2.45, 2.75) is 38.5 Å². The predicted molar refractivity (Wildman–Crippen MR) is 85.3 cm³/mol. The molecule has 0 spiro atoms. The lowest BCUT2D eigenvalue weighted by atomic mass is 9.95. The van der Waals surface area contributed by atoms with Crippen LogP contribution in [0.3, 0.4) is 0 Å². The van der Waals surface area contributed by atoms with Crippen LogP contribution in [0.4, 0.5) is 0 Å². The van der Waals surface area contributed by atoms with Crippen molar-refractivity contribution in [3.8, 4) is 0 Å². The van der Waals surface area contributed by atoms with Crippen molar-refractivity contribution in [1.29, 1.82) is 0 Å². The van der Waals surface area contributed by atoms with Crippen LogP contribution in [0.1, 0.15) is 43.2 Å². The van der Waals surface area contributed by atoms with Crippen LogP contribution < -0.4 is 0 Å². The quantitative estimate of drug-likeness (QED) is 0.543. The van der Waals surface area contributed by atoms with E-state index in [-0.39, 0.29) is 0 Å².